The van der Waals surface area contributed by atoms with Crippen LogP contribution in [0.25, 0.3) is 15.6 Å². The largest absolute Gasteiger partial charge is 0.512 e. The fraction of sp³-hybridized carbons (Fsp3) is 0.111. The van der Waals surface area contributed by atoms with Gasteiger partial charge in [0.05, 0.1) is 6.57 Å². The van der Waals surface area contributed by atoms with Crippen LogP contribution < -0.4 is 14.1 Å². The zero-order chi connectivity index (χ0) is 24.7. The second-order valence-corrected chi connectivity index (χ2v) is 9.30. The Kier molecular flexibility index (Phi) is 7.47. The van der Waals surface area contributed by atoms with Crippen molar-refractivity contribution in [3.05, 3.63) is 114 Å². The molecule has 0 saturated heterocycles. The highest BCUT2D eigenvalue weighted by Crippen LogP contribution is 2.49. The Balaban J connectivity index is 1.60. The second kappa shape index (κ2) is 10.9. The molecule has 2 atom stereocenters. The highest BCUT2D eigenvalue weighted by Gasteiger charge is 2.35. The van der Waals surface area contributed by atoms with E-state index in [1.165, 1.54) is 13.0 Å². The summed E-state index contributed by atoms with van der Waals surface area (Å²) in [7, 11) is -4.21. The van der Waals surface area contributed by atoms with Crippen LogP contribution >= 0.6 is 7.75 Å². The van der Waals surface area contributed by atoms with Gasteiger partial charge in [0, 0.05) is 5.39 Å². The molecule has 0 aromatic heterocycles. The van der Waals surface area contributed by atoms with Crippen molar-refractivity contribution in [2.24, 2.45) is 0 Å². The molecule has 0 aliphatic carbocycles. The van der Waals surface area contributed by atoms with Gasteiger partial charge in [0.25, 0.3) is 0 Å². The standard InChI is InChI=1S/C27H23N2O5P/c1-20(27(30)32-19-21-11-4-3-5-12-21)29-35(31,34-26-17-9-8-16-24(26)28-2)33-25-18-10-14-22-13-6-7-15-23(22)25/h3-18,20H,19H2,1H3,(H,29,31)/t20-,35?/m0/s1. The minimum Gasteiger partial charge on any atom is -0.460 e. The van der Waals surface area contributed by atoms with Gasteiger partial charge < -0.3 is 13.8 Å². The van der Waals surface area contributed by atoms with Gasteiger partial charge in [-0.25, -0.2) is 9.41 Å². The Morgan fingerprint density at radius 3 is 2.31 bits per heavy atom. The first-order chi connectivity index (χ1) is 17.0. The molecule has 4 aromatic carbocycles. The van der Waals surface area contributed by atoms with E-state index in [1.807, 2.05) is 60.7 Å². The monoisotopic (exact) mass is 486 g/mol. The number of carbonyl (C=O) groups excluding carboxylic acids is 1. The summed E-state index contributed by atoms with van der Waals surface area (Å²) < 4.78 is 31.0. The molecule has 35 heavy (non-hydrogen) atoms. The van der Waals surface area contributed by atoms with Crippen molar-refractivity contribution in [2.45, 2.75) is 19.6 Å². The van der Waals surface area contributed by atoms with Crippen molar-refractivity contribution in [2.75, 3.05) is 0 Å². The van der Waals surface area contributed by atoms with E-state index in [9.17, 15) is 9.36 Å². The van der Waals surface area contributed by atoms with Crippen molar-refractivity contribution >= 4 is 30.2 Å². The van der Waals surface area contributed by atoms with Crippen molar-refractivity contribution in [3.63, 3.8) is 0 Å². The average Bonchev–Trinajstić information content (AvgIpc) is 2.88. The van der Waals surface area contributed by atoms with Gasteiger partial charge in [-0.15, -0.1) is 0 Å². The van der Waals surface area contributed by atoms with E-state index in [4.69, 9.17) is 20.4 Å². The molecule has 7 nitrogen and oxygen atoms in total. The number of fused-ring (bicyclic) bond motifs is 1. The van der Waals surface area contributed by atoms with Gasteiger partial charge >= 0.3 is 13.7 Å². The number of nitrogens with zero attached hydrogens (tertiary/aromatic N) is 1. The smallest absolute Gasteiger partial charge is 0.460 e. The van der Waals surface area contributed by atoms with E-state index in [0.717, 1.165) is 16.3 Å². The lowest BCUT2D eigenvalue weighted by Crippen LogP contribution is -2.35. The quantitative estimate of drug-likeness (QED) is 0.162. The molecule has 4 rings (SSSR count). The number of para-hydroxylation sites is 2. The van der Waals surface area contributed by atoms with E-state index in [2.05, 4.69) is 9.93 Å². The van der Waals surface area contributed by atoms with Crippen LogP contribution in [0.4, 0.5) is 5.69 Å². The molecule has 176 valence electrons. The molecular formula is C27H23N2O5P. The molecule has 1 unspecified atom stereocenters. The van der Waals surface area contributed by atoms with Crippen LogP contribution in [0.2, 0.25) is 0 Å². The van der Waals surface area contributed by atoms with Crippen LogP contribution in [0.3, 0.4) is 0 Å². The first-order valence-corrected chi connectivity index (χ1v) is 12.4. The summed E-state index contributed by atoms with van der Waals surface area (Å²) in [6, 6.07) is 27.4. The predicted molar refractivity (Wildman–Crippen MR) is 134 cm³/mol. The number of hydrogen-bond donors (Lipinski definition) is 1. The molecule has 0 spiro atoms. The minimum absolute atomic E-state index is 0.0710. The number of esters is 1. The van der Waals surface area contributed by atoms with Crippen molar-refractivity contribution in [1.82, 2.24) is 5.09 Å². The molecule has 0 amide bonds. The van der Waals surface area contributed by atoms with Gasteiger partial charge in [0.15, 0.2) is 0 Å². The molecule has 0 bridgehead atoms. The van der Waals surface area contributed by atoms with Crippen molar-refractivity contribution in [1.29, 1.82) is 0 Å². The lowest BCUT2D eigenvalue weighted by molar-refractivity contribution is -0.146. The molecule has 1 N–H and O–H groups in total. The van der Waals surface area contributed by atoms with Crippen LogP contribution in [0, 0.1) is 6.57 Å². The number of nitrogens with one attached hydrogen (secondary N) is 1. The maximum Gasteiger partial charge on any atom is 0.512 e. The third-order valence-electron chi connectivity index (χ3n) is 5.10. The minimum atomic E-state index is -4.21. The van der Waals surface area contributed by atoms with E-state index >= 15 is 0 Å². The highest BCUT2D eigenvalue weighted by molar-refractivity contribution is 7.52. The Bertz CT molecular complexity index is 1410. The zero-order valence-corrected chi connectivity index (χ0v) is 19.9. The Hall–Kier alpha value is -4.11. The molecule has 0 aliphatic rings. The first-order valence-electron chi connectivity index (χ1n) is 10.9. The molecule has 0 radical (unpaired) electrons. The Labute approximate surface area is 203 Å². The number of rotatable bonds is 9. The van der Waals surface area contributed by atoms with Gasteiger partial charge in [-0.1, -0.05) is 84.9 Å². The normalized spacial score (nSPS) is 13.3. The van der Waals surface area contributed by atoms with Crippen LogP contribution in [-0.2, 0) is 20.7 Å². The topological polar surface area (TPSA) is 78.2 Å². The van der Waals surface area contributed by atoms with Gasteiger partial charge in [0.2, 0.25) is 5.69 Å². The average molecular weight is 486 g/mol. The third-order valence-corrected chi connectivity index (χ3v) is 6.68. The lowest BCUT2D eigenvalue weighted by Gasteiger charge is -2.24. The summed E-state index contributed by atoms with van der Waals surface area (Å²) in [6.45, 7) is 8.97. The molecule has 4 aromatic rings. The summed E-state index contributed by atoms with van der Waals surface area (Å²) >= 11 is 0. The Morgan fingerprint density at radius 2 is 1.51 bits per heavy atom. The van der Waals surface area contributed by atoms with Gasteiger partial charge in [-0.3, -0.25) is 4.79 Å². The number of ether oxygens (including phenoxy) is 1. The molecule has 0 fully saturated rings. The maximum atomic E-state index is 14.0. The summed E-state index contributed by atoms with van der Waals surface area (Å²) in [5.41, 5.74) is 0.987. The van der Waals surface area contributed by atoms with Crippen LogP contribution in [0.5, 0.6) is 11.5 Å². The van der Waals surface area contributed by atoms with Crippen molar-refractivity contribution < 1.29 is 23.1 Å². The number of benzene rings is 4. The number of carbonyl (C=O) groups is 1. The van der Waals surface area contributed by atoms with Crippen LogP contribution in [-0.4, -0.2) is 12.0 Å². The molecule has 0 aliphatic heterocycles. The van der Waals surface area contributed by atoms with E-state index in [1.54, 1.807) is 30.3 Å². The van der Waals surface area contributed by atoms with Crippen LogP contribution in [0.1, 0.15) is 12.5 Å². The predicted octanol–water partition coefficient (Wildman–Crippen LogP) is 6.68. The van der Waals surface area contributed by atoms with E-state index in [-0.39, 0.29) is 18.0 Å². The second-order valence-electron chi connectivity index (χ2n) is 7.68. The summed E-state index contributed by atoms with van der Waals surface area (Å²) in [6.07, 6.45) is 0. The number of hydrogen-bond acceptors (Lipinski definition) is 5. The summed E-state index contributed by atoms with van der Waals surface area (Å²) in [5, 5.41) is 4.28. The molecular weight excluding hydrogens is 463 g/mol. The van der Waals surface area contributed by atoms with Gasteiger partial charge in [-0.05, 0) is 30.0 Å². The molecule has 0 heterocycles. The highest BCUT2D eigenvalue weighted by atomic mass is 31.2. The Morgan fingerprint density at radius 1 is 0.886 bits per heavy atom. The molecule has 0 saturated carbocycles. The summed E-state index contributed by atoms with van der Waals surface area (Å²) in [4.78, 5) is 16.1. The van der Waals surface area contributed by atoms with Gasteiger partial charge in [0.1, 0.15) is 24.1 Å². The fourth-order valence-electron chi connectivity index (χ4n) is 3.38. The summed E-state index contributed by atoms with van der Waals surface area (Å²) in [5.74, 6) is -0.245. The SMILES string of the molecule is [C-]#[N+]c1ccccc1OP(=O)(N[C@@H](C)C(=O)OCc1ccccc1)Oc1cccc2ccccc12. The fourth-order valence-corrected chi connectivity index (χ4v) is 4.93. The lowest BCUT2D eigenvalue weighted by atomic mass is 10.1. The first kappa shape index (κ1) is 24.0. The molecule has 8 heteroatoms. The zero-order valence-electron chi connectivity index (χ0n) is 19.0. The van der Waals surface area contributed by atoms with Crippen LogP contribution in [0.15, 0.2) is 97.1 Å². The third kappa shape index (κ3) is 6.07. The van der Waals surface area contributed by atoms with Gasteiger partial charge in [-0.2, -0.15) is 5.09 Å². The maximum absolute atomic E-state index is 14.0. The van der Waals surface area contributed by atoms with E-state index < -0.39 is 19.8 Å². The van der Waals surface area contributed by atoms with E-state index in [0.29, 0.717) is 5.75 Å². The van der Waals surface area contributed by atoms with Crippen molar-refractivity contribution in [3.8, 4) is 11.5 Å².